The van der Waals surface area contributed by atoms with Crippen molar-refractivity contribution in [1.82, 2.24) is 14.7 Å². The van der Waals surface area contributed by atoms with Gasteiger partial charge in [-0.05, 0) is 43.5 Å². The van der Waals surface area contributed by atoms with Gasteiger partial charge in [-0.25, -0.2) is 4.68 Å². The number of amides is 1. The van der Waals surface area contributed by atoms with Gasteiger partial charge in [-0.3, -0.25) is 4.79 Å². The molecule has 2 aromatic carbocycles. The number of nitrogens with zero attached hydrogens (tertiary/aromatic N) is 4. The van der Waals surface area contributed by atoms with E-state index in [1.807, 2.05) is 64.3 Å². The molecule has 0 aliphatic carbocycles. The molecule has 1 atom stereocenters. The number of benzene rings is 2. The van der Waals surface area contributed by atoms with Gasteiger partial charge in [-0.15, -0.1) is 0 Å². The summed E-state index contributed by atoms with van der Waals surface area (Å²) in [4.78, 5) is 17.3. The summed E-state index contributed by atoms with van der Waals surface area (Å²) in [6.45, 7) is 2.90. The van der Waals surface area contributed by atoms with E-state index in [1.54, 1.807) is 0 Å². The molecule has 6 heteroatoms. The second kappa shape index (κ2) is 8.22. The van der Waals surface area contributed by atoms with E-state index in [0.717, 1.165) is 48.6 Å². The Morgan fingerprint density at radius 2 is 1.77 bits per heavy atom. The molecule has 1 saturated heterocycles. The Morgan fingerprint density at radius 3 is 2.60 bits per heavy atom. The average Bonchev–Trinajstić information content (AvgIpc) is 3.28. The standard InChI is InChI=1S/C24H26N4O2/c29-24(26-13-7-2-8-14-26)23-18-27(21-11-5-6-12-22(21)30-23)16-19-15-25-28(17-19)20-9-3-1-4-10-20/h1,3-6,9-12,15,17,23H,2,7-8,13-14,16,18H2/t23-/m0/s1. The van der Waals surface area contributed by atoms with Crippen molar-refractivity contribution in [1.29, 1.82) is 0 Å². The van der Waals surface area contributed by atoms with Crippen LogP contribution in [-0.4, -0.2) is 46.3 Å². The largest absolute Gasteiger partial charge is 0.477 e. The third-order valence-electron chi connectivity index (χ3n) is 5.83. The van der Waals surface area contributed by atoms with Gasteiger partial charge < -0.3 is 14.5 Å². The molecular formula is C24H26N4O2. The first-order valence-corrected chi connectivity index (χ1v) is 10.7. The zero-order valence-electron chi connectivity index (χ0n) is 17.0. The molecule has 6 nitrogen and oxygen atoms in total. The number of fused-ring (bicyclic) bond motifs is 1. The van der Waals surface area contributed by atoms with Crippen LogP contribution in [0.25, 0.3) is 5.69 Å². The number of piperidine rings is 1. The SMILES string of the molecule is O=C([C@@H]1CN(Cc2cnn(-c3ccccc3)c2)c2ccccc2O1)N1CCCCC1. The highest BCUT2D eigenvalue weighted by molar-refractivity contribution is 5.83. The Kier molecular flexibility index (Phi) is 5.13. The van der Waals surface area contributed by atoms with E-state index < -0.39 is 6.10 Å². The van der Waals surface area contributed by atoms with E-state index in [4.69, 9.17) is 4.74 Å². The lowest BCUT2D eigenvalue weighted by Gasteiger charge is -2.38. The minimum atomic E-state index is -0.470. The van der Waals surface area contributed by atoms with Gasteiger partial charge in [-0.2, -0.15) is 5.10 Å². The van der Waals surface area contributed by atoms with Gasteiger partial charge in [0.05, 0.1) is 24.1 Å². The summed E-state index contributed by atoms with van der Waals surface area (Å²) in [5.74, 6) is 0.878. The second-order valence-corrected chi connectivity index (χ2v) is 7.97. The number of para-hydroxylation sites is 3. The Morgan fingerprint density at radius 1 is 1.00 bits per heavy atom. The van der Waals surface area contributed by atoms with E-state index in [1.165, 1.54) is 6.42 Å². The predicted octanol–water partition coefficient (Wildman–Crippen LogP) is 3.65. The van der Waals surface area contributed by atoms with Crippen molar-refractivity contribution in [3.63, 3.8) is 0 Å². The summed E-state index contributed by atoms with van der Waals surface area (Å²) in [7, 11) is 0. The molecule has 30 heavy (non-hydrogen) atoms. The van der Waals surface area contributed by atoms with Crippen LogP contribution >= 0.6 is 0 Å². The number of anilines is 1. The third-order valence-corrected chi connectivity index (χ3v) is 5.83. The number of ether oxygens (including phenoxy) is 1. The minimum absolute atomic E-state index is 0.106. The third kappa shape index (κ3) is 3.77. The zero-order valence-corrected chi connectivity index (χ0v) is 17.0. The smallest absolute Gasteiger partial charge is 0.265 e. The van der Waals surface area contributed by atoms with Crippen molar-refractivity contribution in [3.8, 4) is 11.4 Å². The molecule has 5 rings (SSSR count). The van der Waals surface area contributed by atoms with E-state index >= 15 is 0 Å². The van der Waals surface area contributed by atoms with Crippen LogP contribution in [0, 0.1) is 0 Å². The molecule has 0 saturated carbocycles. The number of hydrogen-bond donors (Lipinski definition) is 0. The number of likely N-dealkylation sites (tertiary alicyclic amines) is 1. The zero-order chi connectivity index (χ0) is 20.3. The Labute approximate surface area is 176 Å². The first kappa shape index (κ1) is 18.7. The topological polar surface area (TPSA) is 50.6 Å². The predicted molar refractivity (Wildman–Crippen MR) is 116 cm³/mol. The van der Waals surface area contributed by atoms with Crippen LogP contribution in [0.4, 0.5) is 5.69 Å². The molecule has 154 valence electrons. The summed E-state index contributed by atoms with van der Waals surface area (Å²) >= 11 is 0. The molecule has 2 aliphatic heterocycles. The summed E-state index contributed by atoms with van der Waals surface area (Å²) in [5.41, 5.74) is 3.15. The lowest BCUT2D eigenvalue weighted by atomic mass is 10.1. The molecule has 1 fully saturated rings. The van der Waals surface area contributed by atoms with E-state index in [2.05, 4.69) is 22.3 Å². The number of aromatic nitrogens is 2. The lowest BCUT2D eigenvalue weighted by Crippen LogP contribution is -2.51. The van der Waals surface area contributed by atoms with Crippen molar-refractivity contribution in [3.05, 3.63) is 72.6 Å². The molecule has 0 bridgehead atoms. The number of rotatable bonds is 4. The van der Waals surface area contributed by atoms with Crippen molar-refractivity contribution in [2.75, 3.05) is 24.5 Å². The summed E-state index contributed by atoms with van der Waals surface area (Å²) < 4.78 is 8.02. The van der Waals surface area contributed by atoms with E-state index in [9.17, 15) is 4.79 Å². The Bertz CT molecular complexity index is 1010. The molecule has 3 heterocycles. The Balaban J connectivity index is 1.37. The van der Waals surface area contributed by atoms with Crippen LogP contribution in [-0.2, 0) is 11.3 Å². The quantitative estimate of drug-likeness (QED) is 0.668. The molecule has 3 aromatic rings. The molecule has 0 radical (unpaired) electrons. The highest BCUT2D eigenvalue weighted by atomic mass is 16.5. The second-order valence-electron chi connectivity index (χ2n) is 7.97. The number of hydrogen-bond acceptors (Lipinski definition) is 4. The van der Waals surface area contributed by atoms with Crippen LogP contribution < -0.4 is 9.64 Å². The van der Waals surface area contributed by atoms with Gasteiger partial charge in [-0.1, -0.05) is 30.3 Å². The van der Waals surface area contributed by atoms with Crippen molar-refractivity contribution in [2.45, 2.75) is 31.9 Å². The van der Waals surface area contributed by atoms with Crippen LogP contribution in [0.5, 0.6) is 5.75 Å². The van der Waals surface area contributed by atoms with Crippen molar-refractivity contribution >= 4 is 11.6 Å². The van der Waals surface area contributed by atoms with Gasteiger partial charge in [0.25, 0.3) is 5.91 Å². The fourth-order valence-corrected chi connectivity index (χ4v) is 4.29. The fourth-order valence-electron chi connectivity index (χ4n) is 4.29. The summed E-state index contributed by atoms with van der Waals surface area (Å²) in [6, 6.07) is 18.1. The first-order valence-electron chi connectivity index (χ1n) is 10.7. The maximum atomic E-state index is 13.1. The first-order chi connectivity index (χ1) is 14.8. The lowest BCUT2D eigenvalue weighted by molar-refractivity contribution is -0.139. The van der Waals surface area contributed by atoms with Crippen molar-refractivity contribution < 1.29 is 9.53 Å². The molecule has 1 amide bonds. The minimum Gasteiger partial charge on any atom is -0.477 e. The molecule has 0 unspecified atom stereocenters. The number of carbonyl (C=O) groups excluding carboxylic acids is 1. The molecule has 0 spiro atoms. The highest BCUT2D eigenvalue weighted by Gasteiger charge is 2.34. The maximum Gasteiger partial charge on any atom is 0.265 e. The van der Waals surface area contributed by atoms with Gasteiger partial charge in [0.2, 0.25) is 0 Å². The van der Waals surface area contributed by atoms with E-state index in [0.29, 0.717) is 13.1 Å². The van der Waals surface area contributed by atoms with Gasteiger partial charge >= 0.3 is 0 Å². The van der Waals surface area contributed by atoms with Gasteiger partial charge in [0, 0.05) is 31.4 Å². The fraction of sp³-hybridized carbons (Fsp3) is 0.333. The summed E-state index contributed by atoms with van der Waals surface area (Å²) in [6.07, 6.45) is 6.84. The van der Waals surface area contributed by atoms with Crippen LogP contribution in [0.15, 0.2) is 67.0 Å². The maximum absolute atomic E-state index is 13.1. The monoisotopic (exact) mass is 402 g/mol. The van der Waals surface area contributed by atoms with Crippen LogP contribution in [0.2, 0.25) is 0 Å². The normalized spacial score (nSPS) is 18.6. The Hall–Kier alpha value is -3.28. The molecule has 2 aliphatic rings. The molecular weight excluding hydrogens is 376 g/mol. The summed E-state index contributed by atoms with van der Waals surface area (Å²) in [5, 5.41) is 4.52. The van der Waals surface area contributed by atoms with Crippen molar-refractivity contribution in [2.24, 2.45) is 0 Å². The van der Waals surface area contributed by atoms with Crippen LogP contribution in [0.3, 0.4) is 0 Å². The van der Waals surface area contributed by atoms with E-state index in [-0.39, 0.29) is 5.91 Å². The molecule has 1 aromatic heterocycles. The van der Waals surface area contributed by atoms with Gasteiger partial charge in [0.1, 0.15) is 5.75 Å². The highest BCUT2D eigenvalue weighted by Crippen LogP contribution is 2.34. The molecule has 0 N–H and O–H groups in total. The number of carbonyl (C=O) groups is 1. The average molecular weight is 402 g/mol. The van der Waals surface area contributed by atoms with Crippen LogP contribution in [0.1, 0.15) is 24.8 Å². The van der Waals surface area contributed by atoms with Gasteiger partial charge in [0.15, 0.2) is 6.10 Å².